The molecule has 0 unspecified atom stereocenters. The molecule has 3 aromatic carbocycles. The molecule has 4 rings (SSSR count). The molecule has 0 fully saturated rings. The van der Waals surface area contributed by atoms with E-state index >= 15 is 0 Å². The van der Waals surface area contributed by atoms with Gasteiger partial charge < -0.3 is 19.7 Å². The number of carboxylic acids is 1. The summed E-state index contributed by atoms with van der Waals surface area (Å²) < 4.78 is 49.1. The summed E-state index contributed by atoms with van der Waals surface area (Å²) in [5.74, 6) is -1.17. The van der Waals surface area contributed by atoms with Crippen LogP contribution in [0, 0.1) is 11.3 Å². The molecule has 4 aromatic rings. The van der Waals surface area contributed by atoms with Crippen molar-refractivity contribution in [3.05, 3.63) is 77.9 Å². The van der Waals surface area contributed by atoms with Crippen LogP contribution >= 0.6 is 0 Å². The van der Waals surface area contributed by atoms with Crippen molar-refractivity contribution >= 4 is 5.97 Å². The lowest BCUT2D eigenvalue weighted by Crippen LogP contribution is -2.17. The standard InChI is InChI=1S/C26H19F3N4O4/c27-26(28,29)36-22-13-18(9-10-21(22)20-4-2-1-3-19(20)14-30)25-32-24(33-37-25)17-7-5-16(6-8-17)15-31-12-11-23(34)35/h1-10,13,31H,11-12,15H2,(H,34,35). The van der Waals surface area contributed by atoms with Gasteiger partial charge in [-0.2, -0.15) is 10.2 Å². The third kappa shape index (κ3) is 6.50. The normalized spacial score (nSPS) is 11.2. The van der Waals surface area contributed by atoms with Gasteiger partial charge in [-0.25, -0.2) is 0 Å². The molecule has 11 heteroatoms. The van der Waals surface area contributed by atoms with Gasteiger partial charge in [0, 0.05) is 35.3 Å². The fourth-order valence-electron chi connectivity index (χ4n) is 3.56. The summed E-state index contributed by atoms with van der Waals surface area (Å²) in [7, 11) is 0. The number of nitriles is 1. The Morgan fingerprint density at radius 1 is 1.05 bits per heavy atom. The van der Waals surface area contributed by atoms with E-state index in [1.54, 1.807) is 24.3 Å². The van der Waals surface area contributed by atoms with Crippen LogP contribution in [0.25, 0.3) is 34.0 Å². The molecule has 8 nitrogen and oxygen atoms in total. The van der Waals surface area contributed by atoms with Gasteiger partial charge in [0.1, 0.15) is 5.75 Å². The van der Waals surface area contributed by atoms with E-state index in [1.165, 1.54) is 24.3 Å². The first-order valence-corrected chi connectivity index (χ1v) is 11.0. The van der Waals surface area contributed by atoms with Gasteiger partial charge in [-0.3, -0.25) is 4.79 Å². The Bertz CT molecular complexity index is 1440. The third-order valence-corrected chi connectivity index (χ3v) is 5.27. The smallest absolute Gasteiger partial charge is 0.481 e. The lowest BCUT2D eigenvalue weighted by Gasteiger charge is -2.15. The van der Waals surface area contributed by atoms with Gasteiger partial charge in [0.25, 0.3) is 5.89 Å². The average molecular weight is 508 g/mol. The molecule has 1 aromatic heterocycles. The highest BCUT2D eigenvalue weighted by atomic mass is 19.4. The molecule has 0 bridgehead atoms. The summed E-state index contributed by atoms with van der Waals surface area (Å²) in [4.78, 5) is 14.9. The summed E-state index contributed by atoms with van der Waals surface area (Å²) in [6, 6.07) is 19.4. The molecule has 188 valence electrons. The van der Waals surface area contributed by atoms with Crippen LogP contribution < -0.4 is 10.1 Å². The van der Waals surface area contributed by atoms with Crippen LogP contribution in [0.5, 0.6) is 5.75 Å². The molecule has 1 heterocycles. The van der Waals surface area contributed by atoms with E-state index in [-0.39, 0.29) is 34.8 Å². The molecule has 0 amide bonds. The Balaban J connectivity index is 1.58. The topological polar surface area (TPSA) is 121 Å². The monoisotopic (exact) mass is 508 g/mol. The van der Waals surface area contributed by atoms with Crippen LogP contribution in [0.3, 0.4) is 0 Å². The maximum Gasteiger partial charge on any atom is 0.573 e. The fraction of sp³-hybridized carbons (Fsp3) is 0.154. The number of hydrogen-bond acceptors (Lipinski definition) is 7. The molecule has 0 aliphatic heterocycles. The molecule has 0 radical (unpaired) electrons. The van der Waals surface area contributed by atoms with Crippen LogP contribution in [0.4, 0.5) is 13.2 Å². The number of alkyl halides is 3. The maximum atomic E-state index is 13.2. The quantitative estimate of drug-likeness (QED) is 0.288. The first-order chi connectivity index (χ1) is 17.7. The lowest BCUT2D eigenvalue weighted by atomic mass is 9.98. The summed E-state index contributed by atoms with van der Waals surface area (Å²) >= 11 is 0. The number of aromatic nitrogens is 2. The second-order valence-electron chi connectivity index (χ2n) is 7.86. The molecule has 0 aliphatic carbocycles. The third-order valence-electron chi connectivity index (χ3n) is 5.27. The molecular formula is C26H19F3N4O4. The Kier molecular flexibility index (Phi) is 7.50. The minimum absolute atomic E-state index is 0.0124. The number of hydrogen-bond donors (Lipinski definition) is 2. The van der Waals surface area contributed by atoms with Gasteiger partial charge in [-0.05, 0) is 29.8 Å². The first-order valence-electron chi connectivity index (χ1n) is 11.0. The van der Waals surface area contributed by atoms with Crippen molar-refractivity contribution in [2.45, 2.75) is 19.3 Å². The Hall–Kier alpha value is -4.69. The zero-order valence-corrected chi connectivity index (χ0v) is 19.1. The van der Waals surface area contributed by atoms with Crippen LogP contribution in [-0.4, -0.2) is 34.1 Å². The average Bonchev–Trinajstić information content (AvgIpc) is 3.36. The predicted octanol–water partition coefficient (Wildman–Crippen LogP) is 5.41. The second kappa shape index (κ2) is 10.9. The van der Waals surface area contributed by atoms with Crippen LogP contribution in [-0.2, 0) is 11.3 Å². The largest absolute Gasteiger partial charge is 0.573 e. The van der Waals surface area contributed by atoms with Crippen molar-refractivity contribution < 1.29 is 32.3 Å². The summed E-state index contributed by atoms with van der Waals surface area (Å²) in [6.07, 6.45) is -4.94. The van der Waals surface area contributed by atoms with Crippen molar-refractivity contribution in [1.82, 2.24) is 15.5 Å². The number of halogens is 3. The van der Waals surface area contributed by atoms with Gasteiger partial charge >= 0.3 is 12.3 Å². The summed E-state index contributed by atoms with van der Waals surface area (Å²) in [5.41, 5.74) is 2.32. The molecule has 0 atom stereocenters. The molecule has 2 N–H and O–H groups in total. The zero-order valence-electron chi connectivity index (χ0n) is 19.1. The van der Waals surface area contributed by atoms with Crippen molar-refractivity contribution in [2.24, 2.45) is 0 Å². The number of rotatable bonds is 9. The number of aliphatic carboxylic acids is 1. The van der Waals surface area contributed by atoms with E-state index in [9.17, 15) is 23.2 Å². The zero-order chi connectivity index (χ0) is 26.4. The van der Waals surface area contributed by atoms with Crippen molar-refractivity contribution in [2.75, 3.05) is 6.54 Å². The maximum absolute atomic E-state index is 13.2. The number of nitrogens with one attached hydrogen (secondary N) is 1. The van der Waals surface area contributed by atoms with E-state index in [1.807, 2.05) is 18.2 Å². The van der Waals surface area contributed by atoms with Gasteiger partial charge in [0.15, 0.2) is 0 Å². The second-order valence-corrected chi connectivity index (χ2v) is 7.86. The SMILES string of the molecule is N#Cc1ccccc1-c1ccc(-c2nc(-c3ccc(CNCCC(=O)O)cc3)no2)cc1OC(F)(F)F. The van der Waals surface area contributed by atoms with Crippen LogP contribution in [0.1, 0.15) is 17.5 Å². The minimum atomic E-state index is -4.96. The van der Waals surface area contributed by atoms with Crippen molar-refractivity contribution in [1.29, 1.82) is 5.26 Å². The van der Waals surface area contributed by atoms with Gasteiger partial charge in [-0.1, -0.05) is 47.6 Å². The van der Waals surface area contributed by atoms with E-state index in [0.29, 0.717) is 24.2 Å². The Labute approximate surface area is 208 Å². The minimum Gasteiger partial charge on any atom is -0.481 e. The first kappa shape index (κ1) is 25.4. The van der Waals surface area contributed by atoms with Crippen molar-refractivity contribution in [3.63, 3.8) is 0 Å². The highest BCUT2D eigenvalue weighted by molar-refractivity contribution is 5.78. The van der Waals surface area contributed by atoms with Crippen LogP contribution in [0.15, 0.2) is 71.3 Å². The van der Waals surface area contributed by atoms with Gasteiger partial charge in [0.05, 0.1) is 18.1 Å². The Morgan fingerprint density at radius 3 is 2.49 bits per heavy atom. The van der Waals surface area contributed by atoms with E-state index in [0.717, 1.165) is 11.6 Å². The summed E-state index contributed by atoms with van der Waals surface area (Å²) in [5, 5.41) is 25.0. The van der Waals surface area contributed by atoms with Crippen LogP contribution in [0.2, 0.25) is 0 Å². The number of carbonyl (C=O) groups is 1. The lowest BCUT2D eigenvalue weighted by molar-refractivity contribution is -0.274. The molecular weight excluding hydrogens is 489 g/mol. The fourth-order valence-corrected chi connectivity index (χ4v) is 3.56. The number of benzene rings is 3. The number of carboxylic acid groups (broad SMARTS) is 1. The van der Waals surface area contributed by atoms with Crippen molar-refractivity contribution in [3.8, 4) is 45.8 Å². The Morgan fingerprint density at radius 2 is 1.78 bits per heavy atom. The number of ether oxygens (including phenoxy) is 1. The van der Waals surface area contributed by atoms with Gasteiger partial charge in [0.2, 0.25) is 5.82 Å². The molecule has 0 saturated carbocycles. The molecule has 0 saturated heterocycles. The molecule has 0 aliphatic rings. The van der Waals surface area contributed by atoms with E-state index < -0.39 is 18.1 Å². The number of nitrogens with zero attached hydrogens (tertiary/aromatic N) is 3. The molecule has 37 heavy (non-hydrogen) atoms. The van der Waals surface area contributed by atoms with E-state index in [4.69, 9.17) is 9.63 Å². The summed E-state index contributed by atoms with van der Waals surface area (Å²) in [6.45, 7) is 0.820. The van der Waals surface area contributed by atoms with E-state index in [2.05, 4.69) is 20.2 Å². The predicted molar refractivity (Wildman–Crippen MR) is 126 cm³/mol. The van der Waals surface area contributed by atoms with Gasteiger partial charge in [-0.15, -0.1) is 13.2 Å². The highest BCUT2D eigenvalue weighted by Crippen LogP contribution is 2.38. The highest BCUT2D eigenvalue weighted by Gasteiger charge is 2.33. The molecule has 0 spiro atoms.